The molecule has 2 saturated heterocycles. The molecular formula is C34H45IN6O5S. The van der Waals surface area contributed by atoms with Gasteiger partial charge in [0.15, 0.2) is 0 Å². The van der Waals surface area contributed by atoms with Gasteiger partial charge < -0.3 is 25.2 Å². The van der Waals surface area contributed by atoms with Gasteiger partial charge in [0.25, 0.3) is 5.91 Å². The maximum atomic E-state index is 13.3. The molecule has 254 valence electrons. The number of amides is 2. The first-order chi connectivity index (χ1) is 22.5. The Balaban J connectivity index is 1.14. The molecule has 5 rings (SSSR count). The molecule has 0 spiro atoms. The van der Waals surface area contributed by atoms with E-state index in [1.807, 2.05) is 36.1 Å². The van der Waals surface area contributed by atoms with Crippen LogP contribution in [0.1, 0.15) is 54.6 Å². The van der Waals surface area contributed by atoms with Crippen molar-refractivity contribution in [2.24, 2.45) is 0 Å². The molecule has 0 radical (unpaired) electrons. The van der Waals surface area contributed by atoms with Gasteiger partial charge in [-0.3, -0.25) is 14.6 Å². The van der Waals surface area contributed by atoms with E-state index < -0.39 is 10.0 Å². The average Bonchev–Trinajstić information content (AvgIpc) is 3.06. The van der Waals surface area contributed by atoms with Crippen molar-refractivity contribution in [1.82, 2.24) is 19.1 Å². The fourth-order valence-corrected chi connectivity index (χ4v) is 7.84. The molecule has 2 aliphatic heterocycles. The second-order valence-corrected chi connectivity index (χ2v) is 15.6. The van der Waals surface area contributed by atoms with E-state index in [4.69, 9.17) is 4.74 Å². The van der Waals surface area contributed by atoms with Crippen LogP contribution in [0.2, 0.25) is 0 Å². The highest BCUT2D eigenvalue weighted by Gasteiger charge is 2.28. The van der Waals surface area contributed by atoms with E-state index in [0.717, 1.165) is 71.1 Å². The van der Waals surface area contributed by atoms with Crippen molar-refractivity contribution < 1.29 is 22.7 Å². The Morgan fingerprint density at radius 1 is 1.00 bits per heavy atom. The summed E-state index contributed by atoms with van der Waals surface area (Å²) in [4.78, 5) is 35.4. The predicted molar refractivity (Wildman–Crippen MR) is 195 cm³/mol. The zero-order chi connectivity index (χ0) is 33.6. The number of hydrogen-bond acceptors (Lipinski definition) is 8. The molecule has 2 fully saturated rings. The lowest BCUT2D eigenvalue weighted by Crippen LogP contribution is -2.48. The lowest BCUT2D eigenvalue weighted by Gasteiger charge is -2.40. The molecule has 3 aromatic rings. The number of aromatic nitrogens is 1. The summed E-state index contributed by atoms with van der Waals surface area (Å²) in [5.74, 6) is -0.0134. The van der Waals surface area contributed by atoms with Gasteiger partial charge in [0.05, 0.1) is 24.6 Å². The van der Waals surface area contributed by atoms with Crippen LogP contribution in [-0.2, 0) is 14.8 Å². The van der Waals surface area contributed by atoms with Gasteiger partial charge in [0.2, 0.25) is 15.9 Å². The Bertz CT molecular complexity index is 1690. The molecule has 13 heteroatoms. The molecule has 2 aromatic carbocycles. The predicted octanol–water partition coefficient (Wildman–Crippen LogP) is 4.95. The molecule has 11 nitrogen and oxygen atoms in total. The second kappa shape index (κ2) is 15.9. The molecule has 2 N–H and O–H groups in total. The van der Waals surface area contributed by atoms with Gasteiger partial charge in [-0.2, -0.15) is 4.31 Å². The van der Waals surface area contributed by atoms with Crippen LogP contribution in [0.5, 0.6) is 5.75 Å². The normalized spacial score (nSPS) is 16.4. The highest BCUT2D eigenvalue weighted by atomic mass is 127. The topological polar surface area (TPSA) is 124 Å². The average molecular weight is 777 g/mol. The molecule has 1 aromatic heterocycles. The minimum absolute atomic E-state index is 0.0205. The first kappa shape index (κ1) is 35.3. The minimum Gasteiger partial charge on any atom is -0.495 e. The Morgan fingerprint density at radius 3 is 2.45 bits per heavy atom. The van der Waals surface area contributed by atoms with E-state index in [9.17, 15) is 18.0 Å². The lowest BCUT2D eigenvalue weighted by atomic mass is 9.99. The third-order valence-electron chi connectivity index (χ3n) is 9.01. The number of pyridine rings is 1. The number of anilines is 2. The monoisotopic (exact) mass is 776 g/mol. The highest BCUT2D eigenvalue weighted by molar-refractivity contribution is 14.1. The highest BCUT2D eigenvalue weighted by Crippen LogP contribution is 2.28. The Morgan fingerprint density at radius 2 is 1.74 bits per heavy atom. The number of rotatable bonds is 12. The van der Waals surface area contributed by atoms with Crippen molar-refractivity contribution in [3.05, 3.63) is 57.3 Å². The van der Waals surface area contributed by atoms with Crippen molar-refractivity contribution in [3.63, 3.8) is 0 Å². The van der Waals surface area contributed by atoms with Crippen LogP contribution < -0.4 is 15.4 Å². The molecule has 2 amide bonds. The first-order valence-corrected chi connectivity index (χ1v) is 19.2. The molecular weight excluding hydrogens is 731 g/mol. The van der Waals surface area contributed by atoms with Crippen LogP contribution in [0.25, 0.3) is 10.9 Å². The fraction of sp³-hybridized carbons (Fsp3) is 0.500. The summed E-state index contributed by atoms with van der Waals surface area (Å²) in [6, 6.07) is 13.5. The second-order valence-electron chi connectivity index (χ2n) is 12.4. The number of nitrogens with one attached hydrogen (secondary N) is 2. The summed E-state index contributed by atoms with van der Waals surface area (Å²) in [5, 5.41) is 7.15. The summed E-state index contributed by atoms with van der Waals surface area (Å²) < 4.78 is 33.1. The van der Waals surface area contributed by atoms with Crippen molar-refractivity contribution >= 4 is 66.7 Å². The molecule has 0 bridgehead atoms. The van der Waals surface area contributed by atoms with Crippen LogP contribution in [0.4, 0.5) is 11.4 Å². The van der Waals surface area contributed by atoms with Gasteiger partial charge in [0, 0.05) is 71.1 Å². The zero-order valence-corrected chi connectivity index (χ0v) is 30.4. The molecule has 47 heavy (non-hydrogen) atoms. The number of ether oxygens (including phenoxy) is 1. The maximum absolute atomic E-state index is 13.3. The van der Waals surface area contributed by atoms with E-state index in [0.29, 0.717) is 29.6 Å². The lowest BCUT2D eigenvalue weighted by molar-refractivity contribution is -0.116. The van der Waals surface area contributed by atoms with E-state index in [2.05, 4.69) is 43.1 Å². The van der Waals surface area contributed by atoms with E-state index >= 15 is 0 Å². The Labute approximate surface area is 291 Å². The number of aryl methyl sites for hydroxylation is 1. The van der Waals surface area contributed by atoms with Gasteiger partial charge in [-0.05, 0) is 111 Å². The number of fused-ring (bicyclic) bond motifs is 1. The maximum Gasteiger partial charge on any atom is 0.253 e. The van der Waals surface area contributed by atoms with E-state index in [-0.39, 0.29) is 31.3 Å². The van der Waals surface area contributed by atoms with Gasteiger partial charge in [-0.25, -0.2) is 8.42 Å². The molecule has 0 atom stereocenters. The number of carbonyl (C=O) groups excluding carboxylic acids is 2. The number of hydrogen-bond donors (Lipinski definition) is 2. The van der Waals surface area contributed by atoms with Crippen LogP contribution >= 0.6 is 22.6 Å². The summed E-state index contributed by atoms with van der Waals surface area (Å²) >= 11 is 2.25. The van der Waals surface area contributed by atoms with Crippen LogP contribution in [0.15, 0.2) is 42.5 Å². The molecule has 3 heterocycles. The van der Waals surface area contributed by atoms with Crippen molar-refractivity contribution in [3.8, 4) is 5.75 Å². The quantitative estimate of drug-likeness (QED) is 0.248. The number of piperidine rings is 2. The van der Waals surface area contributed by atoms with Gasteiger partial charge in [0.1, 0.15) is 5.75 Å². The van der Waals surface area contributed by atoms with Crippen molar-refractivity contribution in [2.45, 2.75) is 51.5 Å². The molecule has 0 aliphatic carbocycles. The number of nitrogens with zero attached hydrogens (tertiary/aromatic N) is 4. The third-order valence-corrected chi connectivity index (χ3v) is 11.0. The Kier molecular flexibility index (Phi) is 12.0. The van der Waals surface area contributed by atoms with Gasteiger partial charge >= 0.3 is 0 Å². The number of carbonyl (C=O) groups is 2. The van der Waals surface area contributed by atoms with Gasteiger partial charge in [-0.1, -0.05) is 6.42 Å². The molecule has 0 saturated carbocycles. The standard InChI is InChI=1S/C34H45IN6O5S/c1-24-21-31(28-23-26(35)8-10-29(28)37-24)36-14-20-41(47(3,44)45)19-13-33(42)38-30-9-7-25(22-32(30)46-2)34(43)40-17-11-27(12-18-40)39-15-5-4-6-16-39/h7-10,21-23,27H,4-6,11-20H2,1-3H3,(H,36,37)(H,38,42). The number of sulfonamides is 1. The number of likely N-dealkylation sites (tertiary alicyclic amines) is 2. The number of methoxy groups -OCH3 is 1. The Hall–Kier alpha value is -3.01. The fourth-order valence-electron chi connectivity index (χ4n) is 6.50. The first-order valence-electron chi connectivity index (χ1n) is 16.3. The smallest absolute Gasteiger partial charge is 0.253 e. The number of benzene rings is 2. The SMILES string of the molecule is COc1cc(C(=O)N2CCC(N3CCCCC3)CC2)ccc1NC(=O)CCN(CCNc1cc(C)nc2ccc(I)cc12)S(C)(=O)=O. The van der Waals surface area contributed by atoms with Crippen molar-refractivity contribution in [2.75, 3.05) is 69.8 Å². The minimum atomic E-state index is -3.56. The van der Waals surface area contributed by atoms with Gasteiger partial charge in [-0.15, -0.1) is 0 Å². The molecule has 2 aliphatic rings. The summed E-state index contributed by atoms with van der Waals surface area (Å²) in [5.41, 5.74) is 3.55. The summed E-state index contributed by atoms with van der Waals surface area (Å²) in [7, 11) is -2.07. The third kappa shape index (κ3) is 9.33. The largest absolute Gasteiger partial charge is 0.495 e. The van der Waals surface area contributed by atoms with E-state index in [1.54, 1.807) is 18.2 Å². The van der Waals surface area contributed by atoms with Crippen molar-refractivity contribution in [1.29, 1.82) is 0 Å². The summed E-state index contributed by atoms with van der Waals surface area (Å²) in [6.45, 7) is 6.27. The molecule has 0 unspecified atom stereocenters. The van der Waals surface area contributed by atoms with Crippen LogP contribution in [0.3, 0.4) is 0 Å². The van der Waals surface area contributed by atoms with Crippen LogP contribution in [0, 0.1) is 10.5 Å². The summed E-state index contributed by atoms with van der Waals surface area (Å²) in [6.07, 6.45) is 6.91. The zero-order valence-electron chi connectivity index (χ0n) is 27.4. The van der Waals surface area contributed by atoms with Crippen LogP contribution in [-0.4, -0.2) is 105 Å². The number of halogens is 1. The van der Waals surface area contributed by atoms with E-state index in [1.165, 1.54) is 30.7 Å².